The Kier molecular flexibility index (Phi) is 7.23. The summed E-state index contributed by atoms with van der Waals surface area (Å²) in [7, 11) is -2.50. The van der Waals surface area contributed by atoms with E-state index in [1.54, 1.807) is 36.4 Å². The summed E-state index contributed by atoms with van der Waals surface area (Å²) in [5.74, 6) is -0.546. The molecular weight excluding hydrogens is 368 g/mol. The monoisotopic (exact) mass is 390 g/mol. The van der Waals surface area contributed by atoms with Crippen LogP contribution in [0.25, 0.3) is 0 Å². The Morgan fingerprint density at radius 2 is 1.74 bits per heavy atom. The maximum atomic E-state index is 12.5. The minimum Gasteiger partial charge on any atom is -0.382 e. The van der Waals surface area contributed by atoms with Gasteiger partial charge in [-0.05, 0) is 36.8 Å². The van der Waals surface area contributed by atoms with Crippen LogP contribution in [0.15, 0.2) is 53.4 Å². The minimum atomic E-state index is -3.88. The smallest absolute Gasteiger partial charge is 0.244 e. The lowest BCUT2D eigenvalue weighted by molar-refractivity contribution is -0.118. The van der Waals surface area contributed by atoms with E-state index in [-0.39, 0.29) is 17.9 Å². The Morgan fingerprint density at radius 3 is 2.30 bits per heavy atom. The summed E-state index contributed by atoms with van der Waals surface area (Å²) in [6, 6.07) is 11.9. The van der Waals surface area contributed by atoms with E-state index >= 15 is 0 Å². The molecule has 7 nitrogen and oxygen atoms in total. The second-order valence-corrected chi connectivity index (χ2v) is 7.71. The normalized spacial score (nSPS) is 12.4. The van der Waals surface area contributed by atoms with Gasteiger partial charge >= 0.3 is 0 Å². The first-order valence-corrected chi connectivity index (χ1v) is 9.75. The first kappa shape index (κ1) is 20.8. The van der Waals surface area contributed by atoms with Crippen molar-refractivity contribution in [3.63, 3.8) is 0 Å². The van der Waals surface area contributed by atoms with E-state index in [0.717, 1.165) is 17.4 Å². The number of carbonyl (C=O) groups excluding carboxylic acids is 2. The number of hydrogen-bond donors (Lipinski definition) is 2. The third-order valence-corrected chi connectivity index (χ3v) is 5.31. The molecule has 0 bridgehead atoms. The van der Waals surface area contributed by atoms with Crippen LogP contribution in [0.5, 0.6) is 0 Å². The Morgan fingerprint density at radius 1 is 1.11 bits per heavy atom. The molecule has 2 rings (SSSR count). The summed E-state index contributed by atoms with van der Waals surface area (Å²) in [4.78, 5) is 23.1. The molecule has 0 heterocycles. The van der Waals surface area contributed by atoms with Gasteiger partial charge in [0.25, 0.3) is 0 Å². The Balaban J connectivity index is 2.11. The number of benzene rings is 2. The van der Waals surface area contributed by atoms with E-state index in [4.69, 9.17) is 4.74 Å². The number of nitrogens with one attached hydrogen (secondary N) is 2. The molecule has 8 heteroatoms. The second-order valence-electron chi connectivity index (χ2n) is 6.00. The molecule has 2 N–H and O–H groups in total. The van der Waals surface area contributed by atoms with Crippen molar-refractivity contribution in [2.75, 3.05) is 19.0 Å². The first-order valence-electron chi connectivity index (χ1n) is 8.27. The van der Waals surface area contributed by atoms with Gasteiger partial charge in [0.2, 0.25) is 15.9 Å². The van der Waals surface area contributed by atoms with Crippen molar-refractivity contribution in [2.45, 2.75) is 24.3 Å². The maximum Gasteiger partial charge on any atom is 0.244 e. The summed E-state index contributed by atoms with van der Waals surface area (Å²) >= 11 is 0. The van der Waals surface area contributed by atoms with Crippen LogP contribution in [0.1, 0.15) is 11.1 Å². The van der Waals surface area contributed by atoms with Crippen LogP contribution in [0.2, 0.25) is 0 Å². The van der Waals surface area contributed by atoms with Gasteiger partial charge in [0.05, 0.1) is 11.5 Å². The zero-order valence-electron chi connectivity index (χ0n) is 15.1. The van der Waals surface area contributed by atoms with Gasteiger partial charge in [0, 0.05) is 19.2 Å². The molecule has 0 aliphatic rings. The summed E-state index contributed by atoms with van der Waals surface area (Å²) < 4.78 is 32.4. The number of aryl methyl sites for hydroxylation is 1. The fourth-order valence-corrected chi connectivity index (χ4v) is 3.53. The van der Waals surface area contributed by atoms with Gasteiger partial charge in [-0.3, -0.25) is 4.79 Å². The van der Waals surface area contributed by atoms with Crippen molar-refractivity contribution >= 4 is 27.9 Å². The highest BCUT2D eigenvalue weighted by molar-refractivity contribution is 7.89. The summed E-state index contributed by atoms with van der Waals surface area (Å²) in [6.45, 7) is 1.73. The van der Waals surface area contributed by atoms with Crippen LogP contribution >= 0.6 is 0 Å². The lowest BCUT2D eigenvalue weighted by Crippen LogP contribution is -2.46. The van der Waals surface area contributed by atoms with Crippen LogP contribution in [0.4, 0.5) is 5.69 Å². The zero-order chi connectivity index (χ0) is 19.9. The van der Waals surface area contributed by atoms with Gasteiger partial charge in [0.15, 0.2) is 0 Å². The number of amides is 1. The number of hydrogen-bond acceptors (Lipinski definition) is 5. The molecule has 0 spiro atoms. The van der Waals surface area contributed by atoms with Crippen LogP contribution in [0, 0.1) is 6.92 Å². The topological polar surface area (TPSA) is 102 Å². The molecule has 144 valence electrons. The van der Waals surface area contributed by atoms with E-state index in [2.05, 4.69) is 10.0 Å². The Hall–Kier alpha value is -2.55. The number of carbonyl (C=O) groups is 2. The van der Waals surface area contributed by atoms with E-state index in [1.165, 1.54) is 19.2 Å². The Labute approximate surface area is 158 Å². The molecule has 1 amide bonds. The van der Waals surface area contributed by atoms with E-state index in [9.17, 15) is 18.0 Å². The summed E-state index contributed by atoms with van der Waals surface area (Å²) in [5, 5.41) is 2.65. The molecule has 0 saturated carbocycles. The fourth-order valence-electron chi connectivity index (χ4n) is 2.35. The number of methoxy groups -OCH3 is 1. The van der Waals surface area contributed by atoms with Crippen LogP contribution in [-0.2, 0) is 30.8 Å². The standard InChI is InChI=1S/C19H22N2O5S/c1-14-3-9-17(10-4-14)27(24,25)21-18(13-26-2)19(23)20-16-7-5-15(6-8-16)11-12-22/h3-10,12,18,21H,11,13H2,1-2H3,(H,20,23). The third-order valence-electron chi connectivity index (χ3n) is 3.82. The van der Waals surface area contributed by atoms with Crippen molar-refractivity contribution in [1.82, 2.24) is 4.72 Å². The van der Waals surface area contributed by atoms with Gasteiger partial charge in [-0.15, -0.1) is 0 Å². The lowest BCUT2D eigenvalue weighted by Gasteiger charge is -2.18. The Bertz CT molecular complexity index is 877. The van der Waals surface area contributed by atoms with E-state index < -0.39 is 22.0 Å². The average molecular weight is 390 g/mol. The van der Waals surface area contributed by atoms with Gasteiger partial charge in [-0.1, -0.05) is 29.8 Å². The predicted molar refractivity (Wildman–Crippen MR) is 102 cm³/mol. The van der Waals surface area contributed by atoms with Crippen molar-refractivity contribution < 1.29 is 22.7 Å². The molecule has 1 atom stereocenters. The molecule has 0 aromatic heterocycles. The summed E-state index contributed by atoms with van der Waals surface area (Å²) in [5.41, 5.74) is 2.24. The highest BCUT2D eigenvalue weighted by Gasteiger charge is 2.25. The molecule has 0 radical (unpaired) electrons. The van der Waals surface area contributed by atoms with Crippen molar-refractivity contribution in [3.8, 4) is 0 Å². The number of ether oxygens (including phenoxy) is 1. The molecule has 27 heavy (non-hydrogen) atoms. The number of aldehydes is 1. The molecule has 2 aromatic carbocycles. The number of sulfonamides is 1. The summed E-state index contributed by atoms with van der Waals surface area (Å²) in [6.07, 6.45) is 1.08. The van der Waals surface area contributed by atoms with Crippen LogP contribution in [-0.4, -0.2) is 40.4 Å². The third kappa shape index (κ3) is 5.99. The quantitative estimate of drug-likeness (QED) is 0.634. The van der Waals surface area contributed by atoms with Gasteiger partial charge < -0.3 is 14.8 Å². The fraction of sp³-hybridized carbons (Fsp3) is 0.263. The highest BCUT2D eigenvalue weighted by Crippen LogP contribution is 2.13. The zero-order valence-corrected chi connectivity index (χ0v) is 16.0. The highest BCUT2D eigenvalue weighted by atomic mass is 32.2. The maximum absolute atomic E-state index is 12.5. The lowest BCUT2D eigenvalue weighted by atomic mass is 10.1. The number of anilines is 1. The molecule has 0 aliphatic carbocycles. The molecule has 0 fully saturated rings. The van der Waals surface area contributed by atoms with Gasteiger partial charge in [-0.2, -0.15) is 4.72 Å². The van der Waals surface area contributed by atoms with Crippen LogP contribution < -0.4 is 10.0 Å². The molecular formula is C19H22N2O5S. The minimum absolute atomic E-state index is 0.0696. The van der Waals surface area contributed by atoms with E-state index in [0.29, 0.717) is 5.69 Å². The molecule has 2 aromatic rings. The van der Waals surface area contributed by atoms with Crippen LogP contribution in [0.3, 0.4) is 0 Å². The molecule has 0 saturated heterocycles. The first-order chi connectivity index (χ1) is 12.9. The van der Waals surface area contributed by atoms with Gasteiger partial charge in [-0.25, -0.2) is 8.42 Å². The van der Waals surface area contributed by atoms with Crippen molar-refractivity contribution in [3.05, 3.63) is 59.7 Å². The van der Waals surface area contributed by atoms with Crippen molar-refractivity contribution in [2.24, 2.45) is 0 Å². The van der Waals surface area contributed by atoms with Gasteiger partial charge in [0.1, 0.15) is 12.3 Å². The average Bonchev–Trinajstić information content (AvgIpc) is 2.63. The molecule has 1 unspecified atom stereocenters. The second kappa shape index (κ2) is 9.40. The molecule has 0 aliphatic heterocycles. The van der Waals surface area contributed by atoms with Crippen molar-refractivity contribution in [1.29, 1.82) is 0 Å². The largest absolute Gasteiger partial charge is 0.382 e. The van der Waals surface area contributed by atoms with E-state index in [1.807, 2.05) is 6.92 Å². The number of rotatable bonds is 9. The predicted octanol–water partition coefficient (Wildman–Crippen LogP) is 1.67. The SMILES string of the molecule is COCC(NS(=O)(=O)c1ccc(C)cc1)C(=O)Nc1ccc(CC=O)cc1.